The van der Waals surface area contributed by atoms with E-state index in [1.807, 2.05) is 12.1 Å². The molecule has 0 spiro atoms. The Morgan fingerprint density at radius 1 is 1.27 bits per heavy atom. The van der Waals surface area contributed by atoms with Crippen LogP contribution in [0.5, 0.6) is 5.75 Å². The van der Waals surface area contributed by atoms with E-state index in [0.717, 1.165) is 31.0 Å². The van der Waals surface area contributed by atoms with Crippen molar-refractivity contribution >= 4 is 23.6 Å². The molecule has 0 aliphatic carbocycles. The lowest BCUT2D eigenvalue weighted by atomic mass is 10.0. The third-order valence-electron chi connectivity index (χ3n) is 3.83. The third kappa shape index (κ3) is 8.99. The van der Waals surface area contributed by atoms with E-state index in [4.69, 9.17) is 4.74 Å². The molecule has 6 nitrogen and oxygen atoms in total. The van der Waals surface area contributed by atoms with E-state index in [2.05, 4.69) is 40.9 Å². The number of ether oxygens (including phenoxy) is 1. The Balaban J connectivity index is 2.53. The van der Waals surface area contributed by atoms with Gasteiger partial charge in [-0.05, 0) is 36.3 Å². The summed E-state index contributed by atoms with van der Waals surface area (Å²) in [5, 5.41) is 6.63. The van der Waals surface area contributed by atoms with Crippen LogP contribution in [0.15, 0.2) is 29.3 Å². The molecule has 0 aromatic heterocycles. The van der Waals surface area contributed by atoms with Crippen molar-refractivity contribution in [2.75, 3.05) is 52.8 Å². The minimum atomic E-state index is -0.0118. The molecule has 7 heteroatoms. The number of guanidine groups is 1. The number of thioether (sulfide) groups is 1. The first-order chi connectivity index (χ1) is 12.5. The molecule has 2 N–H and O–H groups in total. The summed E-state index contributed by atoms with van der Waals surface area (Å²) < 4.78 is 5.19. The maximum absolute atomic E-state index is 11.8. The summed E-state index contributed by atoms with van der Waals surface area (Å²) in [6.45, 7) is 3.94. The van der Waals surface area contributed by atoms with Crippen molar-refractivity contribution in [2.24, 2.45) is 10.9 Å². The SMILES string of the molecule is COc1ccc(CC(C)CNC(=NCC(=O)N(C)C)NCCSC)cc1. The maximum atomic E-state index is 11.8. The Morgan fingerprint density at radius 2 is 1.96 bits per heavy atom. The topological polar surface area (TPSA) is 66.0 Å². The van der Waals surface area contributed by atoms with E-state index >= 15 is 0 Å². The fourth-order valence-electron chi connectivity index (χ4n) is 2.24. The number of carbonyl (C=O) groups excluding carboxylic acids is 1. The molecule has 26 heavy (non-hydrogen) atoms. The van der Waals surface area contributed by atoms with Gasteiger partial charge in [-0.3, -0.25) is 4.79 Å². The molecule has 0 radical (unpaired) electrons. The van der Waals surface area contributed by atoms with Crippen LogP contribution in [-0.2, 0) is 11.2 Å². The second-order valence-electron chi connectivity index (χ2n) is 6.41. The van der Waals surface area contributed by atoms with Crippen LogP contribution in [0.3, 0.4) is 0 Å². The lowest BCUT2D eigenvalue weighted by molar-refractivity contribution is -0.127. The summed E-state index contributed by atoms with van der Waals surface area (Å²) in [4.78, 5) is 17.7. The largest absolute Gasteiger partial charge is 0.497 e. The first kappa shape index (κ1) is 22.2. The first-order valence-electron chi connectivity index (χ1n) is 8.80. The number of rotatable bonds is 10. The van der Waals surface area contributed by atoms with Crippen molar-refractivity contribution in [3.8, 4) is 5.75 Å². The Labute approximate surface area is 161 Å². The molecule has 1 aromatic rings. The average Bonchev–Trinajstić information content (AvgIpc) is 2.63. The molecule has 1 amide bonds. The smallest absolute Gasteiger partial charge is 0.243 e. The van der Waals surface area contributed by atoms with Crippen molar-refractivity contribution in [2.45, 2.75) is 13.3 Å². The number of likely N-dealkylation sites (N-methyl/N-ethyl adjacent to an activating group) is 1. The normalized spacial score (nSPS) is 12.4. The van der Waals surface area contributed by atoms with Gasteiger partial charge >= 0.3 is 0 Å². The Kier molecular flexibility index (Phi) is 10.6. The molecule has 1 rings (SSSR count). The van der Waals surface area contributed by atoms with E-state index in [1.54, 1.807) is 37.9 Å². The van der Waals surface area contributed by atoms with Gasteiger partial charge in [-0.25, -0.2) is 4.99 Å². The maximum Gasteiger partial charge on any atom is 0.243 e. The summed E-state index contributed by atoms with van der Waals surface area (Å²) in [5.74, 6) is 2.97. The molecule has 0 saturated heterocycles. The summed E-state index contributed by atoms with van der Waals surface area (Å²) in [5.41, 5.74) is 1.27. The highest BCUT2D eigenvalue weighted by Gasteiger charge is 2.08. The highest BCUT2D eigenvalue weighted by Crippen LogP contribution is 2.14. The second-order valence-corrected chi connectivity index (χ2v) is 7.40. The molecular formula is C19H32N4O2S. The van der Waals surface area contributed by atoms with Gasteiger partial charge in [-0.15, -0.1) is 0 Å². The monoisotopic (exact) mass is 380 g/mol. The fraction of sp³-hybridized carbons (Fsp3) is 0.579. The van der Waals surface area contributed by atoms with Crippen LogP contribution in [-0.4, -0.2) is 69.6 Å². The molecular weight excluding hydrogens is 348 g/mol. The van der Waals surface area contributed by atoms with Crippen LogP contribution in [0.25, 0.3) is 0 Å². The Morgan fingerprint density at radius 3 is 2.54 bits per heavy atom. The van der Waals surface area contributed by atoms with E-state index in [0.29, 0.717) is 11.9 Å². The second kappa shape index (κ2) is 12.5. The summed E-state index contributed by atoms with van der Waals surface area (Å²) in [6, 6.07) is 8.16. The molecule has 1 atom stereocenters. The number of benzene rings is 1. The van der Waals surface area contributed by atoms with Gasteiger partial charge in [0.05, 0.1) is 7.11 Å². The molecule has 1 unspecified atom stereocenters. The van der Waals surface area contributed by atoms with E-state index in [1.165, 1.54) is 5.56 Å². The molecule has 0 aliphatic rings. The number of aliphatic imine (C=N–C) groups is 1. The van der Waals surface area contributed by atoms with Crippen LogP contribution < -0.4 is 15.4 Å². The number of nitrogens with one attached hydrogen (secondary N) is 2. The number of methoxy groups -OCH3 is 1. The van der Waals surface area contributed by atoms with Crippen LogP contribution in [0.2, 0.25) is 0 Å². The zero-order chi connectivity index (χ0) is 19.4. The minimum absolute atomic E-state index is 0.0118. The van der Waals surface area contributed by atoms with Gasteiger partial charge in [0, 0.05) is 32.9 Å². The van der Waals surface area contributed by atoms with Crippen molar-refractivity contribution in [3.63, 3.8) is 0 Å². The van der Waals surface area contributed by atoms with Gasteiger partial charge < -0.3 is 20.3 Å². The molecule has 146 valence electrons. The van der Waals surface area contributed by atoms with Gasteiger partial charge in [-0.2, -0.15) is 11.8 Å². The van der Waals surface area contributed by atoms with Crippen LogP contribution >= 0.6 is 11.8 Å². The van der Waals surface area contributed by atoms with Crippen molar-refractivity contribution in [3.05, 3.63) is 29.8 Å². The zero-order valence-corrected chi connectivity index (χ0v) is 17.4. The predicted octanol–water partition coefficient (Wildman–Crippen LogP) is 1.86. The summed E-state index contributed by atoms with van der Waals surface area (Å²) in [7, 11) is 5.15. The van der Waals surface area contributed by atoms with Crippen molar-refractivity contribution in [1.82, 2.24) is 15.5 Å². The van der Waals surface area contributed by atoms with Gasteiger partial charge in [-0.1, -0.05) is 19.1 Å². The number of carbonyl (C=O) groups is 1. The molecule has 0 fully saturated rings. The lowest BCUT2D eigenvalue weighted by Crippen LogP contribution is -2.41. The zero-order valence-electron chi connectivity index (χ0n) is 16.5. The minimum Gasteiger partial charge on any atom is -0.497 e. The van der Waals surface area contributed by atoms with Gasteiger partial charge in [0.15, 0.2) is 5.96 Å². The lowest BCUT2D eigenvalue weighted by Gasteiger charge is -2.17. The third-order valence-corrected chi connectivity index (χ3v) is 4.44. The molecule has 0 bridgehead atoms. The van der Waals surface area contributed by atoms with Crippen LogP contribution in [0, 0.1) is 5.92 Å². The van der Waals surface area contributed by atoms with Gasteiger partial charge in [0.1, 0.15) is 12.3 Å². The number of hydrogen-bond acceptors (Lipinski definition) is 4. The van der Waals surface area contributed by atoms with Crippen LogP contribution in [0.1, 0.15) is 12.5 Å². The van der Waals surface area contributed by atoms with Gasteiger partial charge in [0.2, 0.25) is 5.91 Å². The van der Waals surface area contributed by atoms with Crippen molar-refractivity contribution in [1.29, 1.82) is 0 Å². The average molecular weight is 381 g/mol. The Hall–Kier alpha value is -1.89. The molecule has 0 heterocycles. The first-order valence-corrected chi connectivity index (χ1v) is 10.2. The van der Waals surface area contributed by atoms with E-state index in [-0.39, 0.29) is 12.5 Å². The van der Waals surface area contributed by atoms with Gasteiger partial charge in [0.25, 0.3) is 0 Å². The highest BCUT2D eigenvalue weighted by atomic mass is 32.2. The predicted molar refractivity (Wildman–Crippen MR) is 111 cm³/mol. The highest BCUT2D eigenvalue weighted by molar-refractivity contribution is 7.98. The summed E-state index contributed by atoms with van der Waals surface area (Å²) >= 11 is 1.77. The number of amides is 1. The van der Waals surface area contributed by atoms with Crippen molar-refractivity contribution < 1.29 is 9.53 Å². The van der Waals surface area contributed by atoms with E-state index < -0.39 is 0 Å². The van der Waals surface area contributed by atoms with Crippen LogP contribution in [0.4, 0.5) is 0 Å². The van der Waals surface area contributed by atoms with E-state index in [9.17, 15) is 4.79 Å². The summed E-state index contributed by atoms with van der Waals surface area (Å²) in [6.07, 6.45) is 3.03. The molecule has 0 aliphatic heterocycles. The standard InChI is InChI=1S/C19H32N4O2S/c1-15(12-16-6-8-17(25-4)9-7-16)13-21-19(20-10-11-26-5)22-14-18(24)23(2)3/h6-9,15H,10-14H2,1-5H3,(H2,20,21,22). The number of hydrogen-bond donors (Lipinski definition) is 2. The quantitative estimate of drug-likeness (QED) is 0.368. The molecule has 0 saturated carbocycles. The number of nitrogens with zero attached hydrogens (tertiary/aromatic N) is 2. The molecule has 1 aromatic carbocycles. The Bertz CT molecular complexity index is 561. The fourth-order valence-corrected chi connectivity index (χ4v) is 2.55.